The Balaban J connectivity index is 2.53. The molecule has 1 aliphatic heterocycles. The number of fused-ring (bicyclic) bond motifs is 1. The third kappa shape index (κ3) is 3.69. The van der Waals surface area contributed by atoms with Crippen LogP contribution in [0.25, 0.3) is 6.08 Å². The van der Waals surface area contributed by atoms with E-state index in [-0.39, 0.29) is 16.9 Å². The number of benzene rings is 1. The minimum Gasteiger partial charge on any atom is -0.545 e. The number of aliphatic carboxylic acids is 1. The van der Waals surface area contributed by atoms with Crippen molar-refractivity contribution in [1.29, 1.82) is 0 Å². The number of alkyl halides is 6. The van der Waals surface area contributed by atoms with Crippen LogP contribution in [-0.2, 0) is 4.79 Å². The second-order valence-electron chi connectivity index (χ2n) is 4.63. The summed E-state index contributed by atoms with van der Waals surface area (Å²) >= 11 is 0. The Kier molecular flexibility index (Phi) is 3.95. The van der Waals surface area contributed by atoms with Crippen molar-refractivity contribution in [2.24, 2.45) is 0 Å². The van der Waals surface area contributed by atoms with E-state index in [1.807, 2.05) is 0 Å². The predicted octanol–water partition coefficient (Wildman–Crippen LogP) is 2.35. The first-order valence-electron chi connectivity index (χ1n) is 5.95. The molecule has 1 aromatic carbocycles. The van der Waals surface area contributed by atoms with Crippen molar-refractivity contribution in [2.75, 3.05) is 0 Å². The van der Waals surface area contributed by atoms with Crippen molar-refractivity contribution >= 4 is 12.0 Å². The molecule has 1 aromatic rings. The van der Waals surface area contributed by atoms with Crippen LogP contribution in [0.2, 0.25) is 0 Å². The first-order chi connectivity index (χ1) is 10.4. The van der Waals surface area contributed by atoms with Gasteiger partial charge in [-0.3, -0.25) is 0 Å². The zero-order chi connectivity index (χ0) is 17.6. The number of carboxylic acid groups (broad SMARTS) is 1. The highest BCUT2D eigenvalue weighted by Crippen LogP contribution is 2.41. The molecule has 1 atom stereocenters. The van der Waals surface area contributed by atoms with Crippen LogP contribution >= 0.6 is 0 Å². The summed E-state index contributed by atoms with van der Waals surface area (Å²) in [6, 6.07) is 1.56. The summed E-state index contributed by atoms with van der Waals surface area (Å²) in [4.78, 5) is 10.8. The van der Waals surface area contributed by atoms with Gasteiger partial charge < -0.3 is 19.4 Å². The van der Waals surface area contributed by atoms with Gasteiger partial charge >= 0.3 is 12.5 Å². The Hall–Kier alpha value is -2.39. The third-order valence-corrected chi connectivity index (χ3v) is 2.87. The molecule has 0 bridgehead atoms. The van der Waals surface area contributed by atoms with Crippen LogP contribution in [0.4, 0.5) is 26.3 Å². The Bertz CT molecular complexity index is 674. The van der Waals surface area contributed by atoms with Gasteiger partial charge in [0, 0.05) is 11.1 Å². The van der Waals surface area contributed by atoms with Crippen molar-refractivity contribution in [3.63, 3.8) is 0 Å². The molecule has 1 aliphatic rings. The number of rotatable bonds is 2. The highest BCUT2D eigenvalue weighted by atomic mass is 19.4. The fraction of sp³-hybridized carbons (Fsp3) is 0.308. The zero-order valence-electron chi connectivity index (χ0n) is 11.2. The van der Waals surface area contributed by atoms with E-state index < -0.39 is 35.9 Å². The normalized spacial score (nSPS) is 17.9. The number of halogens is 6. The number of carbonyl (C=O) groups excluding carboxylic acids is 1. The van der Waals surface area contributed by atoms with Gasteiger partial charge in [0.25, 0.3) is 0 Å². The molecule has 0 saturated heterocycles. The van der Waals surface area contributed by atoms with Crippen molar-refractivity contribution in [1.82, 2.24) is 0 Å². The second-order valence-corrected chi connectivity index (χ2v) is 4.63. The molecule has 4 nitrogen and oxygen atoms in total. The maximum Gasteiger partial charge on any atom is 0.573 e. The molecule has 10 heteroatoms. The standard InChI is InChI=1S/C13H8F6O4/c1-5-2-7(23-13(17,18)19)3-6-4-8(11(20)21)10(12(14,15)16)22-9(5)6/h2-4,10H,1H3,(H,20,21)/p-1. The van der Waals surface area contributed by atoms with Gasteiger partial charge in [0.2, 0.25) is 6.10 Å². The molecule has 126 valence electrons. The fourth-order valence-corrected chi connectivity index (χ4v) is 2.06. The molecule has 2 rings (SSSR count). The van der Waals surface area contributed by atoms with Crippen LogP contribution in [0.1, 0.15) is 11.1 Å². The zero-order valence-corrected chi connectivity index (χ0v) is 11.2. The second kappa shape index (κ2) is 5.36. The van der Waals surface area contributed by atoms with Gasteiger partial charge in [-0.25, -0.2) is 0 Å². The maximum atomic E-state index is 12.8. The monoisotopic (exact) mass is 341 g/mol. The van der Waals surface area contributed by atoms with E-state index in [1.54, 1.807) is 0 Å². The van der Waals surface area contributed by atoms with Crippen molar-refractivity contribution in [3.8, 4) is 11.5 Å². The van der Waals surface area contributed by atoms with Gasteiger partial charge in [0.15, 0.2) is 0 Å². The van der Waals surface area contributed by atoms with Gasteiger partial charge in [-0.1, -0.05) is 0 Å². The molecule has 0 radical (unpaired) electrons. The molecule has 0 N–H and O–H groups in total. The van der Waals surface area contributed by atoms with Crippen molar-refractivity contribution in [2.45, 2.75) is 25.6 Å². The molecule has 0 aliphatic carbocycles. The summed E-state index contributed by atoms with van der Waals surface area (Å²) in [5, 5.41) is 10.8. The van der Waals surface area contributed by atoms with E-state index in [0.29, 0.717) is 6.08 Å². The number of hydrogen-bond acceptors (Lipinski definition) is 4. The van der Waals surface area contributed by atoms with Crippen LogP contribution in [0.15, 0.2) is 17.7 Å². The number of ether oxygens (including phenoxy) is 2. The molecular weight excluding hydrogens is 334 g/mol. The molecule has 23 heavy (non-hydrogen) atoms. The first kappa shape index (κ1) is 17.0. The lowest BCUT2D eigenvalue weighted by molar-refractivity contribution is -0.302. The summed E-state index contributed by atoms with van der Waals surface area (Å²) in [5.74, 6) is -3.23. The van der Waals surface area contributed by atoms with Crippen LogP contribution in [0.5, 0.6) is 11.5 Å². The first-order valence-corrected chi connectivity index (χ1v) is 5.95. The number of carbonyl (C=O) groups is 1. The molecule has 1 heterocycles. The van der Waals surface area contributed by atoms with E-state index in [9.17, 15) is 36.2 Å². The summed E-state index contributed by atoms with van der Waals surface area (Å²) in [5.41, 5.74) is -1.61. The van der Waals surface area contributed by atoms with E-state index in [2.05, 4.69) is 9.47 Å². The Morgan fingerprint density at radius 1 is 1.22 bits per heavy atom. The highest BCUT2D eigenvalue weighted by molar-refractivity contribution is 5.93. The summed E-state index contributed by atoms with van der Waals surface area (Å²) in [6.45, 7) is 1.20. The highest BCUT2D eigenvalue weighted by Gasteiger charge is 2.47. The minimum atomic E-state index is -5.03. The van der Waals surface area contributed by atoms with E-state index in [4.69, 9.17) is 0 Å². The van der Waals surface area contributed by atoms with E-state index >= 15 is 0 Å². The molecule has 0 amide bonds. The van der Waals surface area contributed by atoms with Gasteiger partial charge in [-0.2, -0.15) is 13.2 Å². The van der Waals surface area contributed by atoms with Crippen molar-refractivity contribution < 1.29 is 45.7 Å². The predicted molar refractivity (Wildman–Crippen MR) is 61.3 cm³/mol. The van der Waals surface area contributed by atoms with Gasteiger partial charge in [0.1, 0.15) is 11.5 Å². The smallest absolute Gasteiger partial charge is 0.545 e. The van der Waals surface area contributed by atoms with E-state index in [0.717, 1.165) is 12.1 Å². The summed E-state index contributed by atoms with van der Waals surface area (Å²) < 4.78 is 83.5. The van der Waals surface area contributed by atoms with Crippen LogP contribution in [-0.4, -0.2) is 24.6 Å². The minimum absolute atomic E-state index is 0.0790. The molecule has 0 fully saturated rings. The number of carboxylic acids is 1. The molecule has 0 aromatic heterocycles. The summed E-state index contributed by atoms with van der Waals surface area (Å²) in [7, 11) is 0. The fourth-order valence-electron chi connectivity index (χ4n) is 2.06. The molecule has 0 saturated carbocycles. The quantitative estimate of drug-likeness (QED) is 0.775. The lowest BCUT2D eigenvalue weighted by Crippen LogP contribution is -2.44. The molecular formula is C13H7F6O4-. The third-order valence-electron chi connectivity index (χ3n) is 2.87. The Labute approximate surface area is 124 Å². The van der Waals surface area contributed by atoms with Gasteiger partial charge in [-0.15, -0.1) is 13.2 Å². The van der Waals surface area contributed by atoms with Gasteiger partial charge in [0.05, 0.1) is 5.97 Å². The largest absolute Gasteiger partial charge is 0.573 e. The number of aryl methyl sites for hydroxylation is 1. The van der Waals surface area contributed by atoms with Gasteiger partial charge in [-0.05, 0) is 30.7 Å². The average Bonchev–Trinajstić information content (AvgIpc) is 2.33. The van der Waals surface area contributed by atoms with Crippen LogP contribution in [0.3, 0.4) is 0 Å². The SMILES string of the molecule is Cc1cc(OC(F)(F)F)cc2c1OC(C(F)(F)F)C(C(=O)[O-])=C2. The average molecular weight is 341 g/mol. The lowest BCUT2D eigenvalue weighted by Gasteiger charge is -2.30. The molecule has 0 spiro atoms. The Morgan fingerprint density at radius 3 is 2.30 bits per heavy atom. The van der Waals surface area contributed by atoms with Crippen LogP contribution in [0, 0.1) is 6.92 Å². The van der Waals surface area contributed by atoms with E-state index in [1.165, 1.54) is 6.92 Å². The van der Waals surface area contributed by atoms with Crippen molar-refractivity contribution in [3.05, 3.63) is 28.8 Å². The molecule has 1 unspecified atom stereocenters. The maximum absolute atomic E-state index is 12.8. The lowest BCUT2D eigenvalue weighted by atomic mass is 9.99. The topological polar surface area (TPSA) is 58.6 Å². The number of hydrogen-bond donors (Lipinski definition) is 0. The van der Waals surface area contributed by atoms with Crippen LogP contribution < -0.4 is 14.6 Å². The Morgan fingerprint density at radius 2 is 1.83 bits per heavy atom. The summed E-state index contributed by atoms with van der Waals surface area (Å²) in [6.07, 6.45) is -12.3.